The number of aromatic hydroxyl groups is 1. The molecule has 0 bridgehead atoms. The fraction of sp³-hybridized carbons (Fsp3) is 0.652. The predicted octanol–water partition coefficient (Wildman–Crippen LogP) is -4.31. The molecule has 1 aromatic carbocycles. The van der Waals surface area contributed by atoms with Gasteiger partial charge in [0.15, 0.2) is 5.60 Å². The Bertz CT molecular complexity index is 3110. The van der Waals surface area contributed by atoms with Crippen LogP contribution in [0.3, 0.4) is 0 Å². The van der Waals surface area contributed by atoms with Crippen LogP contribution < -0.4 is 59.3 Å². The summed E-state index contributed by atoms with van der Waals surface area (Å²) in [6.45, 7) is 14.6. The number of amides is 12. The van der Waals surface area contributed by atoms with E-state index in [1.807, 2.05) is 19.9 Å². The molecule has 2 fully saturated rings. The van der Waals surface area contributed by atoms with Gasteiger partial charge in [0.2, 0.25) is 65.0 Å². The van der Waals surface area contributed by atoms with E-state index in [4.69, 9.17) is 25.7 Å². The zero-order chi connectivity index (χ0) is 76.0. The number of benzene rings is 1. The normalized spacial score (nSPS) is 24.5. The summed E-state index contributed by atoms with van der Waals surface area (Å²) in [7, 11) is 3.53. The van der Waals surface area contributed by atoms with Crippen molar-refractivity contribution in [1.82, 2.24) is 57.7 Å². The molecule has 0 saturated carbocycles. The van der Waals surface area contributed by atoms with Crippen LogP contribution in [0.15, 0.2) is 48.1 Å². The monoisotopic (exact) mass is 1420 g/mol. The Balaban J connectivity index is 2.19. The van der Waals surface area contributed by atoms with Gasteiger partial charge in [-0.15, -0.1) is 0 Å². The maximum absolute atomic E-state index is 15.4. The lowest BCUT2D eigenvalue weighted by atomic mass is 9.87. The number of primary amides is 1. The molecule has 12 amide bonds. The van der Waals surface area contributed by atoms with E-state index in [0.717, 1.165) is 49.8 Å². The minimum absolute atomic E-state index is 0.0921. The Morgan fingerprint density at radius 1 is 0.820 bits per heavy atom. The number of nitrogens with zero attached hydrogens (tertiary/aromatic N) is 2. The van der Waals surface area contributed by atoms with E-state index < -0.39 is 211 Å². The number of cyclic esters (lactones) is 1. The molecule has 19 atom stereocenters. The molecule has 34 nitrogen and oxygen atoms in total. The third-order valence-corrected chi connectivity index (χ3v) is 17.6. The highest BCUT2D eigenvalue weighted by Gasteiger charge is 2.47. The van der Waals surface area contributed by atoms with E-state index in [2.05, 4.69) is 47.9 Å². The fourth-order valence-corrected chi connectivity index (χ4v) is 11.1. The van der Waals surface area contributed by atoms with Crippen LogP contribution in [-0.2, 0) is 76.5 Å². The van der Waals surface area contributed by atoms with Crippen LogP contribution in [0.4, 0.5) is 0 Å². The van der Waals surface area contributed by atoms with Crippen LogP contribution in [0.25, 0.3) is 0 Å². The lowest BCUT2D eigenvalue weighted by Crippen LogP contribution is -2.66. The smallest absolute Gasteiger partial charge is 0.329 e. The number of nitrogens with one attached hydrogen (secondary N) is 9. The average Bonchev–Trinajstić information content (AvgIpc) is 0.796. The Kier molecular flexibility index (Phi) is 33.7. The van der Waals surface area contributed by atoms with Gasteiger partial charge in [-0.2, -0.15) is 0 Å². The number of aliphatic hydroxyl groups is 4. The van der Waals surface area contributed by atoms with E-state index in [9.17, 15) is 68.7 Å². The number of allylic oxidation sites excluding steroid dienone is 3. The van der Waals surface area contributed by atoms with Crippen LogP contribution >= 0.6 is 0 Å². The first-order chi connectivity index (χ1) is 46.7. The van der Waals surface area contributed by atoms with Crippen molar-refractivity contribution < 1.29 is 102 Å². The van der Waals surface area contributed by atoms with Gasteiger partial charge in [-0.25, -0.2) is 4.79 Å². The summed E-state index contributed by atoms with van der Waals surface area (Å²) in [5, 5.41) is 75.2. The van der Waals surface area contributed by atoms with Crippen LogP contribution in [0, 0.1) is 23.7 Å². The van der Waals surface area contributed by atoms with Gasteiger partial charge < -0.3 is 109 Å². The maximum atomic E-state index is 15.4. The molecule has 18 N–H and O–H groups in total. The topological polar surface area (TPSA) is 518 Å². The molecule has 0 aromatic heterocycles. The number of carbonyl (C=O) groups is 13. The van der Waals surface area contributed by atoms with Crippen LogP contribution in [-0.4, -0.2) is 250 Å². The molecule has 2 saturated heterocycles. The number of piperidine rings is 1. The lowest BCUT2D eigenvalue weighted by molar-refractivity contribution is -0.168. The number of hydrogen-bond acceptors (Lipinski definition) is 22. The van der Waals surface area contributed by atoms with E-state index in [1.54, 1.807) is 6.92 Å². The first-order valence-electron chi connectivity index (χ1n) is 33.1. The highest BCUT2D eigenvalue weighted by atomic mass is 16.5. The molecule has 3 rings (SSSR count). The molecule has 2 aliphatic heterocycles. The second-order valence-electron chi connectivity index (χ2n) is 26.2. The van der Waals surface area contributed by atoms with Gasteiger partial charge in [0.05, 0.1) is 31.9 Å². The van der Waals surface area contributed by atoms with Crippen molar-refractivity contribution >= 4 is 76.9 Å². The maximum Gasteiger partial charge on any atom is 0.329 e. The number of aliphatic hydroxyl groups excluding tert-OH is 3. The summed E-state index contributed by atoms with van der Waals surface area (Å²) < 4.78 is 17.3. The van der Waals surface area contributed by atoms with Crippen molar-refractivity contribution in [3.63, 3.8) is 0 Å². The van der Waals surface area contributed by atoms with Crippen LogP contribution in [0.5, 0.6) is 5.75 Å². The SMILES string of the molecule is CCC(C)/C=C(C)/C=C\C(O)C(C)(O)C(=O)NCC(=O)N[C@H](C(=O)N[C@H](C(=O)N[C@H](C(=O)N[C@H]1C(=O)N[C@H](COC)C(=O)NCC(=O)N[C@@H](C)C(=O)N(C)C([C@@H](C)O)C(=O)N[C@H]([C@H](OC)c2ccc(O)cc2)C(=O)N2CCCC[C@H]2C(=O)O[C@@H]1C(C)C)[C@@H](C)[C@@H](C)C(N)=O)[C@@H](C)N)[C@@H](C)O. The van der Waals surface area contributed by atoms with Crippen molar-refractivity contribution in [2.45, 2.75) is 205 Å². The van der Waals surface area contributed by atoms with E-state index >= 15 is 19.2 Å². The Morgan fingerprint density at radius 3 is 1.98 bits per heavy atom. The van der Waals surface area contributed by atoms with Crippen molar-refractivity contribution in [2.75, 3.05) is 47.5 Å². The molecule has 4 unspecified atom stereocenters. The highest BCUT2D eigenvalue weighted by Crippen LogP contribution is 2.29. The van der Waals surface area contributed by atoms with Gasteiger partial charge >= 0.3 is 5.97 Å². The third-order valence-electron chi connectivity index (χ3n) is 17.6. The second kappa shape index (κ2) is 39.4. The zero-order valence-electron chi connectivity index (χ0n) is 59.5. The molecule has 0 radical (unpaired) electrons. The summed E-state index contributed by atoms with van der Waals surface area (Å²) in [5.74, 6) is -18.1. The van der Waals surface area contributed by atoms with Gasteiger partial charge in [0.25, 0.3) is 5.91 Å². The molecule has 0 spiro atoms. The summed E-state index contributed by atoms with van der Waals surface area (Å²) in [6.07, 6.45) is -2.32. The van der Waals surface area contributed by atoms with Gasteiger partial charge in [0.1, 0.15) is 78.4 Å². The summed E-state index contributed by atoms with van der Waals surface area (Å²) >= 11 is 0. The minimum atomic E-state index is -2.46. The molecule has 1 aromatic rings. The Morgan fingerprint density at radius 2 is 1.43 bits per heavy atom. The number of methoxy groups -OCH3 is 2. The number of carbonyl (C=O) groups excluding carboxylic acids is 13. The van der Waals surface area contributed by atoms with Crippen molar-refractivity contribution in [3.05, 3.63) is 53.6 Å². The number of phenols is 1. The molecule has 2 heterocycles. The third kappa shape index (κ3) is 24.0. The van der Waals surface area contributed by atoms with Crippen LogP contribution in [0.1, 0.15) is 120 Å². The number of esters is 1. The largest absolute Gasteiger partial charge is 0.508 e. The number of likely N-dealkylation sites (N-methyl/N-ethyl adjacent to an activating group) is 1. The van der Waals surface area contributed by atoms with E-state index in [0.29, 0.717) is 6.42 Å². The Hall–Kier alpha value is -8.67. The van der Waals surface area contributed by atoms with Gasteiger partial charge in [-0.05, 0) is 96.3 Å². The fourth-order valence-electron chi connectivity index (χ4n) is 11.1. The van der Waals surface area contributed by atoms with Crippen molar-refractivity contribution in [1.29, 1.82) is 0 Å². The Labute approximate surface area is 581 Å². The summed E-state index contributed by atoms with van der Waals surface area (Å²) in [6, 6.07) is -12.0. The van der Waals surface area contributed by atoms with E-state index in [-0.39, 0.29) is 36.6 Å². The van der Waals surface area contributed by atoms with E-state index in [1.165, 1.54) is 92.0 Å². The molecule has 2 aliphatic rings. The molecule has 560 valence electrons. The number of nitrogens with two attached hydrogens (primary N) is 2. The number of rotatable bonds is 27. The summed E-state index contributed by atoms with van der Waals surface area (Å²) in [4.78, 5) is 187. The lowest BCUT2D eigenvalue weighted by Gasteiger charge is -2.40. The first-order valence-corrected chi connectivity index (χ1v) is 33.1. The molecular weight excluding hydrogens is 1310 g/mol. The number of phenolic OH excluding ortho intramolecular Hbond substituents is 1. The number of fused-ring (bicyclic) bond motifs is 1. The molecule has 34 heteroatoms. The van der Waals surface area contributed by atoms with Gasteiger partial charge in [0, 0.05) is 39.8 Å². The first kappa shape index (κ1) is 85.6. The number of hydrogen-bond donors (Lipinski definition) is 16. The number of ether oxygens (including phenoxy) is 3. The second-order valence-corrected chi connectivity index (χ2v) is 26.2. The molecule has 100 heavy (non-hydrogen) atoms. The summed E-state index contributed by atoms with van der Waals surface area (Å²) in [5.41, 5.74) is 10.5. The highest BCUT2D eigenvalue weighted by molar-refractivity contribution is 6.00. The average molecular weight is 1420 g/mol. The molecular formula is C66H105N13O21. The molecule has 0 aliphatic carbocycles. The standard InChI is InChI=1S/C66H105N13O21/c1-16-32(4)27-33(5)20-25-44(83)66(12,97)65(96)70-29-46(85)73-49(38(10)80)59(90)75-48(36(8)67)58(89)74-47(34(6)35(7)55(68)86)57(88)76-50-53(31(2)3)100-64(95)43-19-17-18-26-79(43)63(94)51(54(99-15)40-21-23-41(82)24-22-40)77-61(92)52(39(11)81)78(13)62(93)37(9)71-45(84)28-69-56(87)42(30-98-14)72-60(50)91/h20-25,27,31-32,34-39,42-44,47-54,80-83,97H,16-19,26,28-30,67H2,1-15H3,(H2,68,86)(H,69,87)(H,70,96)(H,71,84)(H,72,91)(H,73,85)(H,74,89)(H,75,90)(H,76,88)(H,77,92)/b25-20-,33-27+/t32?,34-,35+,36+,37-,38+,39+,42+,43-,44?,47-,48-,49-,50+,51+,52?,53+,54+,66?/m0/s1. The van der Waals surface area contributed by atoms with Crippen molar-refractivity contribution in [2.24, 2.45) is 35.1 Å². The van der Waals surface area contributed by atoms with Gasteiger partial charge in [-0.1, -0.05) is 83.9 Å². The zero-order valence-corrected chi connectivity index (χ0v) is 59.5. The van der Waals surface area contributed by atoms with Crippen LogP contribution in [0.2, 0.25) is 0 Å². The van der Waals surface area contributed by atoms with Crippen molar-refractivity contribution in [3.8, 4) is 5.75 Å². The van der Waals surface area contributed by atoms with Gasteiger partial charge in [-0.3, -0.25) is 57.5 Å². The predicted molar refractivity (Wildman–Crippen MR) is 359 cm³/mol. The quantitative estimate of drug-likeness (QED) is 0.0293. The minimum Gasteiger partial charge on any atom is -0.508 e.